The first-order valence-electron chi connectivity index (χ1n) is 7.75. The number of aryl methyl sites for hydroxylation is 2. The van der Waals surface area contributed by atoms with Crippen molar-refractivity contribution in [3.05, 3.63) is 53.0 Å². The van der Waals surface area contributed by atoms with Gasteiger partial charge in [0.15, 0.2) is 6.10 Å². The number of amides is 1. The summed E-state index contributed by atoms with van der Waals surface area (Å²) in [6.45, 7) is 5.46. The highest BCUT2D eigenvalue weighted by Crippen LogP contribution is 2.19. The third kappa shape index (κ3) is 4.16. The predicted octanol–water partition coefficient (Wildman–Crippen LogP) is 3.07. The Hall–Kier alpha value is -2.76. The van der Waals surface area contributed by atoms with E-state index in [0.717, 1.165) is 5.56 Å². The van der Waals surface area contributed by atoms with Crippen LogP contribution in [-0.2, 0) is 11.3 Å². The summed E-state index contributed by atoms with van der Waals surface area (Å²) in [6, 6.07) is 8.91. The van der Waals surface area contributed by atoms with Crippen molar-refractivity contribution >= 4 is 11.9 Å². The van der Waals surface area contributed by atoms with Crippen LogP contribution in [0.25, 0.3) is 0 Å². The van der Waals surface area contributed by atoms with E-state index in [4.69, 9.17) is 14.3 Å². The van der Waals surface area contributed by atoms with E-state index in [-0.39, 0.29) is 18.0 Å². The van der Waals surface area contributed by atoms with Crippen molar-refractivity contribution in [2.45, 2.75) is 39.8 Å². The number of carbonyl (C=O) groups excluding carboxylic acids is 1. The molecule has 0 bridgehead atoms. The third-order valence-electron chi connectivity index (χ3n) is 3.66. The number of nitrogens with one attached hydrogen (secondary N) is 1. The van der Waals surface area contributed by atoms with Crippen molar-refractivity contribution < 1.29 is 23.8 Å². The SMILES string of the molecule is CCC(Oc1ccccc1C)C(=O)NCc1cc(C(=O)O)c(C)o1. The Morgan fingerprint density at radius 3 is 2.58 bits per heavy atom. The van der Waals surface area contributed by atoms with Gasteiger partial charge in [0, 0.05) is 0 Å². The number of hydrogen-bond donors (Lipinski definition) is 2. The quantitative estimate of drug-likeness (QED) is 0.814. The second-order valence-corrected chi connectivity index (χ2v) is 5.49. The largest absolute Gasteiger partial charge is 0.480 e. The fourth-order valence-electron chi connectivity index (χ4n) is 2.30. The zero-order chi connectivity index (χ0) is 17.7. The van der Waals surface area contributed by atoms with Gasteiger partial charge in [0.25, 0.3) is 5.91 Å². The topological polar surface area (TPSA) is 88.8 Å². The number of ether oxygens (including phenoxy) is 1. The molecule has 0 aliphatic heterocycles. The van der Waals surface area contributed by atoms with Crippen LogP contribution in [0.1, 0.15) is 40.8 Å². The molecule has 24 heavy (non-hydrogen) atoms. The van der Waals surface area contributed by atoms with Crippen LogP contribution in [0.5, 0.6) is 5.75 Å². The second kappa shape index (κ2) is 7.68. The summed E-state index contributed by atoms with van der Waals surface area (Å²) in [5.41, 5.74) is 1.05. The van der Waals surface area contributed by atoms with Crippen LogP contribution in [-0.4, -0.2) is 23.1 Å². The van der Waals surface area contributed by atoms with Crippen LogP contribution in [0.3, 0.4) is 0 Å². The number of hydrogen-bond acceptors (Lipinski definition) is 4. The zero-order valence-electron chi connectivity index (χ0n) is 14.0. The molecule has 0 aliphatic carbocycles. The summed E-state index contributed by atoms with van der Waals surface area (Å²) >= 11 is 0. The van der Waals surface area contributed by atoms with Crippen molar-refractivity contribution in [3.8, 4) is 5.75 Å². The van der Waals surface area contributed by atoms with Crippen LogP contribution >= 0.6 is 0 Å². The number of aromatic carboxylic acids is 1. The maximum Gasteiger partial charge on any atom is 0.339 e. The number of benzene rings is 1. The van der Waals surface area contributed by atoms with Crippen LogP contribution in [0.4, 0.5) is 0 Å². The fraction of sp³-hybridized carbons (Fsp3) is 0.333. The minimum atomic E-state index is -1.05. The number of furan rings is 1. The highest BCUT2D eigenvalue weighted by molar-refractivity contribution is 5.88. The molecular formula is C18H21NO5. The van der Waals surface area contributed by atoms with Gasteiger partial charge in [0.2, 0.25) is 0 Å². The first-order valence-corrected chi connectivity index (χ1v) is 7.75. The molecule has 1 unspecified atom stereocenters. The molecule has 2 aromatic rings. The van der Waals surface area contributed by atoms with Crippen LogP contribution in [0, 0.1) is 13.8 Å². The summed E-state index contributed by atoms with van der Waals surface area (Å²) in [7, 11) is 0. The van der Waals surface area contributed by atoms with Gasteiger partial charge < -0.3 is 19.6 Å². The van der Waals surface area contributed by atoms with Gasteiger partial charge in [-0.15, -0.1) is 0 Å². The van der Waals surface area contributed by atoms with Gasteiger partial charge >= 0.3 is 5.97 Å². The van der Waals surface area contributed by atoms with E-state index in [1.165, 1.54) is 6.07 Å². The van der Waals surface area contributed by atoms with E-state index >= 15 is 0 Å². The second-order valence-electron chi connectivity index (χ2n) is 5.49. The van der Waals surface area contributed by atoms with E-state index in [1.807, 2.05) is 38.1 Å². The van der Waals surface area contributed by atoms with E-state index in [1.54, 1.807) is 6.92 Å². The molecule has 1 aromatic carbocycles. The molecule has 128 valence electrons. The van der Waals surface area contributed by atoms with Crippen LogP contribution < -0.4 is 10.1 Å². The van der Waals surface area contributed by atoms with E-state index in [2.05, 4.69) is 5.32 Å². The smallest absolute Gasteiger partial charge is 0.339 e. The molecule has 0 aliphatic rings. The van der Waals surface area contributed by atoms with Crippen molar-refractivity contribution in [1.29, 1.82) is 0 Å². The van der Waals surface area contributed by atoms with Gasteiger partial charge in [0.05, 0.1) is 6.54 Å². The Kier molecular flexibility index (Phi) is 5.63. The first kappa shape index (κ1) is 17.6. The van der Waals surface area contributed by atoms with Gasteiger partial charge in [-0.05, 0) is 38.0 Å². The molecule has 2 N–H and O–H groups in total. The normalized spacial score (nSPS) is 11.8. The molecule has 0 spiro atoms. The number of carbonyl (C=O) groups is 2. The Labute approximate surface area is 140 Å². The Bertz CT molecular complexity index is 735. The Balaban J connectivity index is 1.98. The molecule has 0 saturated carbocycles. The molecule has 1 amide bonds. The third-order valence-corrected chi connectivity index (χ3v) is 3.66. The molecule has 6 heteroatoms. The maximum atomic E-state index is 12.3. The molecule has 6 nitrogen and oxygen atoms in total. The highest BCUT2D eigenvalue weighted by atomic mass is 16.5. The van der Waals surface area contributed by atoms with E-state index < -0.39 is 12.1 Å². The molecule has 1 heterocycles. The van der Waals surface area contributed by atoms with Crippen LogP contribution in [0.2, 0.25) is 0 Å². The molecule has 0 saturated heterocycles. The van der Waals surface area contributed by atoms with Gasteiger partial charge in [0.1, 0.15) is 22.8 Å². The summed E-state index contributed by atoms with van der Waals surface area (Å²) in [5, 5.41) is 11.7. The monoisotopic (exact) mass is 331 g/mol. The van der Waals surface area contributed by atoms with Crippen molar-refractivity contribution in [2.75, 3.05) is 0 Å². The fourth-order valence-corrected chi connectivity index (χ4v) is 2.30. The lowest BCUT2D eigenvalue weighted by Crippen LogP contribution is -2.37. The summed E-state index contributed by atoms with van der Waals surface area (Å²) < 4.78 is 11.1. The van der Waals surface area contributed by atoms with Crippen molar-refractivity contribution in [3.63, 3.8) is 0 Å². The molecule has 0 radical (unpaired) electrons. The molecule has 1 atom stereocenters. The number of carboxylic acids is 1. The zero-order valence-corrected chi connectivity index (χ0v) is 14.0. The molecule has 0 fully saturated rings. The average molecular weight is 331 g/mol. The Morgan fingerprint density at radius 1 is 1.29 bits per heavy atom. The lowest BCUT2D eigenvalue weighted by Gasteiger charge is -2.18. The van der Waals surface area contributed by atoms with Crippen molar-refractivity contribution in [2.24, 2.45) is 0 Å². The summed E-state index contributed by atoms with van der Waals surface area (Å²) in [6.07, 6.45) is -0.112. The van der Waals surface area contributed by atoms with E-state index in [9.17, 15) is 9.59 Å². The lowest BCUT2D eigenvalue weighted by molar-refractivity contribution is -0.128. The van der Waals surface area contributed by atoms with Gasteiger partial charge in [-0.1, -0.05) is 25.1 Å². The molecule has 2 rings (SSSR count). The maximum absolute atomic E-state index is 12.3. The van der Waals surface area contributed by atoms with Gasteiger partial charge in [-0.25, -0.2) is 4.79 Å². The number of rotatable bonds is 7. The summed E-state index contributed by atoms with van der Waals surface area (Å²) in [5.74, 6) is 0.0512. The van der Waals surface area contributed by atoms with Crippen LogP contribution in [0.15, 0.2) is 34.7 Å². The molecule has 1 aromatic heterocycles. The number of carboxylic acid groups (broad SMARTS) is 1. The predicted molar refractivity (Wildman–Crippen MR) is 88.1 cm³/mol. The average Bonchev–Trinajstić information content (AvgIpc) is 2.93. The lowest BCUT2D eigenvalue weighted by atomic mass is 10.2. The number of para-hydroxylation sites is 1. The standard InChI is InChI=1S/C18H21NO5/c1-4-15(24-16-8-6-5-7-11(16)2)17(20)19-10-13-9-14(18(21)22)12(3)23-13/h5-9,15H,4,10H2,1-3H3,(H,19,20)(H,21,22). The van der Waals surface area contributed by atoms with Crippen molar-refractivity contribution in [1.82, 2.24) is 5.32 Å². The molecular weight excluding hydrogens is 310 g/mol. The summed E-state index contributed by atoms with van der Waals surface area (Å²) in [4.78, 5) is 23.3. The van der Waals surface area contributed by atoms with E-state index in [0.29, 0.717) is 23.7 Å². The first-order chi connectivity index (χ1) is 11.4. The Morgan fingerprint density at radius 2 is 2.00 bits per heavy atom. The minimum absolute atomic E-state index is 0.0995. The van der Waals surface area contributed by atoms with Gasteiger partial charge in [-0.3, -0.25) is 4.79 Å². The van der Waals surface area contributed by atoms with Gasteiger partial charge in [-0.2, -0.15) is 0 Å². The minimum Gasteiger partial charge on any atom is -0.480 e. The highest BCUT2D eigenvalue weighted by Gasteiger charge is 2.20.